The number of methoxy groups -OCH3 is 3. The summed E-state index contributed by atoms with van der Waals surface area (Å²) in [6.45, 7) is 0.133. The Kier molecular flexibility index (Phi) is 4.56. The first-order valence-corrected chi connectivity index (χ1v) is 7.51. The molecule has 3 rings (SSSR count). The number of hydrogen-bond donors (Lipinski definition) is 0. The minimum Gasteiger partial charge on any atom is -0.496 e. The van der Waals surface area contributed by atoms with Crippen LogP contribution in [0.25, 0.3) is 11.0 Å². The molecule has 0 saturated heterocycles. The van der Waals surface area contributed by atoms with Gasteiger partial charge in [0.15, 0.2) is 11.5 Å². The van der Waals surface area contributed by atoms with Gasteiger partial charge in [-0.05, 0) is 18.2 Å². The summed E-state index contributed by atoms with van der Waals surface area (Å²) >= 11 is 0. The van der Waals surface area contributed by atoms with Crippen LogP contribution < -0.4 is 19.8 Å². The molecule has 0 N–H and O–H groups in total. The van der Waals surface area contributed by atoms with E-state index in [-0.39, 0.29) is 12.1 Å². The average molecular weight is 344 g/mol. The lowest BCUT2D eigenvalue weighted by Crippen LogP contribution is -2.21. The number of fused-ring (bicyclic) bond motifs is 1. The summed E-state index contributed by atoms with van der Waals surface area (Å²) in [4.78, 5) is 16.5. The second kappa shape index (κ2) is 6.80. The zero-order valence-electron chi connectivity index (χ0n) is 14.1. The summed E-state index contributed by atoms with van der Waals surface area (Å²) in [5.41, 5.74) is 1.35. The van der Waals surface area contributed by atoms with Gasteiger partial charge in [-0.3, -0.25) is 4.79 Å². The molecule has 2 aromatic carbocycles. The summed E-state index contributed by atoms with van der Waals surface area (Å²) in [7, 11) is 4.54. The lowest BCUT2D eigenvalue weighted by molar-refractivity contribution is 0.355. The van der Waals surface area contributed by atoms with Crippen LogP contribution in [-0.2, 0) is 6.54 Å². The highest BCUT2D eigenvalue weighted by Crippen LogP contribution is 2.31. The van der Waals surface area contributed by atoms with E-state index in [2.05, 4.69) is 4.98 Å². The van der Waals surface area contributed by atoms with Gasteiger partial charge in [0, 0.05) is 17.7 Å². The number of nitrogens with zero attached hydrogens (tertiary/aromatic N) is 2. The van der Waals surface area contributed by atoms with E-state index < -0.39 is 5.82 Å². The molecule has 6 nitrogen and oxygen atoms in total. The first-order chi connectivity index (χ1) is 12.1. The molecule has 0 bridgehead atoms. The summed E-state index contributed by atoms with van der Waals surface area (Å²) in [6, 6.07) is 7.55. The van der Waals surface area contributed by atoms with Gasteiger partial charge in [-0.2, -0.15) is 0 Å². The third kappa shape index (κ3) is 3.13. The Morgan fingerprint density at radius 1 is 1.00 bits per heavy atom. The van der Waals surface area contributed by atoms with Crippen molar-refractivity contribution in [3.8, 4) is 17.2 Å². The van der Waals surface area contributed by atoms with E-state index in [0.717, 1.165) is 0 Å². The molecular formula is C18H17FN2O4. The average Bonchev–Trinajstić information content (AvgIpc) is 2.63. The van der Waals surface area contributed by atoms with Crippen LogP contribution in [0.4, 0.5) is 4.39 Å². The fraction of sp³-hybridized carbons (Fsp3) is 0.222. The summed E-state index contributed by atoms with van der Waals surface area (Å²) < 4.78 is 30.9. The molecule has 25 heavy (non-hydrogen) atoms. The largest absolute Gasteiger partial charge is 0.496 e. The Bertz CT molecular complexity index is 985. The lowest BCUT2D eigenvalue weighted by atomic mass is 10.1. The van der Waals surface area contributed by atoms with Crippen molar-refractivity contribution in [2.45, 2.75) is 6.54 Å². The number of hydrogen-bond acceptors (Lipinski definition) is 5. The third-order valence-electron chi connectivity index (χ3n) is 3.92. The Morgan fingerprint density at radius 2 is 1.68 bits per heavy atom. The maximum Gasteiger partial charge on any atom is 0.269 e. The standard InChI is InChI=1S/C18H17FN2O4/c1-23-15-5-4-12(19)6-11(15)10-21-14-8-17(25-3)16(24-2)7-13(14)20-9-18(21)22/h4-9H,10H2,1-3H3. The Morgan fingerprint density at radius 3 is 2.36 bits per heavy atom. The van der Waals surface area contributed by atoms with Crippen LogP contribution in [0.2, 0.25) is 0 Å². The molecule has 0 radical (unpaired) electrons. The number of benzene rings is 2. The minimum absolute atomic E-state index is 0.133. The lowest BCUT2D eigenvalue weighted by Gasteiger charge is -2.14. The van der Waals surface area contributed by atoms with E-state index in [1.165, 1.54) is 50.3 Å². The normalized spacial score (nSPS) is 10.7. The van der Waals surface area contributed by atoms with Crippen LogP contribution in [0, 0.1) is 5.82 Å². The van der Waals surface area contributed by atoms with Crippen molar-refractivity contribution in [3.63, 3.8) is 0 Å². The van der Waals surface area contributed by atoms with Gasteiger partial charge in [0.25, 0.3) is 5.56 Å². The summed E-state index contributed by atoms with van der Waals surface area (Å²) in [5.74, 6) is 1.08. The number of ether oxygens (including phenoxy) is 3. The number of halogens is 1. The van der Waals surface area contributed by atoms with E-state index in [0.29, 0.717) is 33.8 Å². The second-order valence-corrected chi connectivity index (χ2v) is 5.33. The molecule has 0 spiro atoms. The molecule has 1 aromatic heterocycles. The van der Waals surface area contributed by atoms with Crippen molar-refractivity contribution in [1.82, 2.24) is 9.55 Å². The summed E-state index contributed by atoms with van der Waals surface area (Å²) in [6.07, 6.45) is 1.22. The topological polar surface area (TPSA) is 62.6 Å². The summed E-state index contributed by atoms with van der Waals surface area (Å²) in [5, 5.41) is 0. The van der Waals surface area contributed by atoms with Gasteiger partial charge >= 0.3 is 0 Å². The molecule has 0 atom stereocenters. The predicted octanol–water partition coefficient (Wildman–Crippen LogP) is 2.61. The first-order valence-electron chi connectivity index (χ1n) is 7.51. The smallest absolute Gasteiger partial charge is 0.269 e. The fourth-order valence-corrected chi connectivity index (χ4v) is 2.69. The van der Waals surface area contributed by atoms with Crippen molar-refractivity contribution in [3.05, 3.63) is 58.3 Å². The third-order valence-corrected chi connectivity index (χ3v) is 3.92. The molecule has 0 saturated carbocycles. The number of rotatable bonds is 5. The molecule has 130 valence electrons. The maximum atomic E-state index is 13.6. The van der Waals surface area contributed by atoms with Crippen LogP contribution in [0.5, 0.6) is 17.2 Å². The Labute approximate surface area is 143 Å². The molecule has 0 amide bonds. The van der Waals surface area contributed by atoms with Gasteiger partial charge in [0.2, 0.25) is 0 Å². The molecule has 0 fully saturated rings. The molecule has 0 aliphatic heterocycles. The van der Waals surface area contributed by atoms with E-state index in [9.17, 15) is 9.18 Å². The molecule has 0 aliphatic rings. The predicted molar refractivity (Wildman–Crippen MR) is 91.2 cm³/mol. The monoisotopic (exact) mass is 344 g/mol. The molecule has 0 unspecified atom stereocenters. The second-order valence-electron chi connectivity index (χ2n) is 5.33. The van der Waals surface area contributed by atoms with Crippen LogP contribution in [0.3, 0.4) is 0 Å². The highest BCUT2D eigenvalue weighted by atomic mass is 19.1. The van der Waals surface area contributed by atoms with Crippen LogP contribution in [-0.4, -0.2) is 30.9 Å². The van der Waals surface area contributed by atoms with Gasteiger partial charge in [0.1, 0.15) is 11.6 Å². The first kappa shape index (κ1) is 16.8. The van der Waals surface area contributed by atoms with Crippen molar-refractivity contribution < 1.29 is 18.6 Å². The SMILES string of the molecule is COc1ccc(F)cc1Cn1c(=O)cnc2cc(OC)c(OC)cc21. The van der Waals surface area contributed by atoms with Gasteiger partial charge in [-0.15, -0.1) is 0 Å². The number of aromatic nitrogens is 2. The molecule has 3 aromatic rings. The fourth-order valence-electron chi connectivity index (χ4n) is 2.69. The molecule has 7 heteroatoms. The highest BCUT2D eigenvalue weighted by Gasteiger charge is 2.13. The van der Waals surface area contributed by atoms with E-state index >= 15 is 0 Å². The molecule has 1 heterocycles. The van der Waals surface area contributed by atoms with Gasteiger partial charge in [0.05, 0.1) is 45.1 Å². The van der Waals surface area contributed by atoms with Gasteiger partial charge < -0.3 is 18.8 Å². The van der Waals surface area contributed by atoms with Gasteiger partial charge in [-0.25, -0.2) is 9.37 Å². The molecular weight excluding hydrogens is 327 g/mol. The van der Waals surface area contributed by atoms with Gasteiger partial charge in [-0.1, -0.05) is 0 Å². The van der Waals surface area contributed by atoms with E-state index in [1.54, 1.807) is 12.1 Å². The maximum absolute atomic E-state index is 13.6. The zero-order valence-corrected chi connectivity index (χ0v) is 14.1. The van der Waals surface area contributed by atoms with Crippen LogP contribution in [0.1, 0.15) is 5.56 Å². The van der Waals surface area contributed by atoms with Crippen LogP contribution in [0.15, 0.2) is 41.3 Å². The highest BCUT2D eigenvalue weighted by molar-refractivity contribution is 5.79. The quantitative estimate of drug-likeness (QED) is 0.712. The Balaban J connectivity index is 2.20. The minimum atomic E-state index is -0.401. The Hall–Kier alpha value is -3.09. The van der Waals surface area contributed by atoms with Crippen molar-refractivity contribution in [2.24, 2.45) is 0 Å². The van der Waals surface area contributed by atoms with Crippen LogP contribution >= 0.6 is 0 Å². The van der Waals surface area contributed by atoms with Crippen molar-refractivity contribution in [1.29, 1.82) is 0 Å². The zero-order chi connectivity index (χ0) is 18.0. The van der Waals surface area contributed by atoms with E-state index in [4.69, 9.17) is 14.2 Å². The van der Waals surface area contributed by atoms with Crippen molar-refractivity contribution >= 4 is 11.0 Å². The van der Waals surface area contributed by atoms with Crippen molar-refractivity contribution in [2.75, 3.05) is 21.3 Å². The van der Waals surface area contributed by atoms with E-state index in [1.807, 2.05) is 0 Å². The molecule has 0 aliphatic carbocycles.